The highest BCUT2D eigenvalue weighted by Crippen LogP contribution is 2.34. The molecule has 1 unspecified atom stereocenters. The van der Waals surface area contributed by atoms with E-state index in [0.717, 1.165) is 24.0 Å². The third-order valence-corrected chi connectivity index (χ3v) is 3.10. The molecule has 0 aromatic heterocycles. The Kier molecular flexibility index (Phi) is 4.84. The molecule has 0 radical (unpaired) electrons. The molecule has 1 aliphatic rings. The van der Waals surface area contributed by atoms with Gasteiger partial charge in [-0.25, -0.2) is 0 Å². The minimum atomic E-state index is 0.0393. The number of aliphatic hydroxyl groups excluding tert-OH is 1. The molecule has 0 bridgehead atoms. The van der Waals surface area contributed by atoms with Crippen LogP contribution in [0.15, 0.2) is 24.3 Å². The third-order valence-electron chi connectivity index (χ3n) is 3.10. The molecular formula is C14H21NO3. The molecule has 4 heteroatoms. The molecule has 0 amide bonds. The lowest BCUT2D eigenvalue weighted by Crippen LogP contribution is -2.27. The fourth-order valence-electron chi connectivity index (χ4n) is 2.00. The van der Waals surface area contributed by atoms with Crippen molar-refractivity contribution in [2.75, 3.05) is 32.2 Å². The predicted molar refractivity (Wildman–Crippen MR) is 71.0 cm³/mol. The molecule has 0 saturated heterocycles. The number of hydrogen-bond donors (Lipinski definition) is 2. The van der Waals surface area contributed by atoms with E-state index in [-0.39, 0.29) is 6.61 Å². The largest absolute Gasteiger partial charge is 0.491 e. The smallest absolute Gasteiger partial charge is 0.119 e. The Labute approximate surface area is 108 Å². The maximum absolute atomic E-state index is 8.68. The van der Waals surface area contributed by atoms with Crippen molar-refractivity contribution >= 4 is 5.69 Å². The summed E-state index contributed by atoms with van der Waals surface area (Å²) in [5.41, 5.74) is 1.08. The van der Waals surface area contributed by atoms with Gasteiger partial charge in [-0.05, 0) is 43.0 Å². The van der Waals surface area contributed by atoms with Gasteiger partial charge in [0, 0.05) is 12.8 Å². The van der Waals surface area contributed by atoms with Crippen LogP contribution in [0.4, 0.5) is 5.69 Å². The number of aliphatic hydroxyl groups is 1. The summed E-state index contributed by atoms with van der Waals surface area (Å²) < 4.78 is 10.6. The van der Waals surface area contributed by atoms with Crippen LogP contribution in [0.2, 0.25) is 0 Å². The molecule has 2 N–H and O–H groups in total. The molecule has 1 saturated carbocycles. The number of benzene rings is 1. The highest BCUT2D eigenvalue weighted by atomic mass is 16.5. The zero-order chi connectivity index (χ0) is 12.8. The van der Waals surface area contributed by atoms with Crippen LogP contribution >= 0.6 is 0 Å². The Balaban J connectivity index is 1.87. The fourth-order valence-corrected chi connectivity index (χ4v) is 2.00. The molecule has 0 aliphatic heterocycles. The summed E-state index contributed by atoms with van der Waals surface area (Å²) in [5.74, 6) is 1.53. The van der Waals surface area contributed by atoms with Gasteiger partial charge in [0.15, 0.2) is 0 Å². The third kappa shape index (κ3) is 3.89. The van der Waals surface area contributed by atoms with Gasteiger partial charge < -0.3 is 19.9 Å². The van der Waals surface area contributed by atoms with Gasteiger partial charge in [-0.2, -0.15) is 0 Å². The van der Waals surface area contributed by atoms with Gasteiger partial charge in [-0.1, -0.05) is 0 Å². The van der Waals surface area contributed by atoms with E-state index in [1.807, 2.05) is 24.3 Å². The van der Waals surface area contributed by atoms with Gasteiger partial charge in [0.05, 0.1) is 19.3 Å². The summed E-state index contributed by atoms with van der Waals surface area (Å²) in [6, 6.07) is 8.22. The fraction of sp³-hybridized carbons (Fsp3) is 0.571. The number of ether oxygens (including phenoxy) is 2. The van der Waals surface area contributed by atoms with Gasteiger partial charge >= 0.3 is 0 Å². The Morgan fingerprint density at radius 3 is 2.61 bits per heavy atom. The molecule has 18 heavy (non-hydrogen) atoms. The van der Waals surface area contributed by atoms with E-state index in [9.17, 15) is 0 Å². The highest BCUT2D eigenvalue weighted by Gasteiger charge is 2.30. The van der Waals surface area contributed by atoms with Crippen LogP contribution < -0.4 is 10.1 Å². The molecule has 0 heterocycles. The first-order valence-corrected chi connectivity index (χ1v) is 6.42. The molecule has 1 fully saturated rings. The van der Waals surface area contributed by atoms with Crippen LogP contribution in [0.25, 0.3) is 0 Å². The summed E-state index contributed by atoms with van der Waals surface area (Å²) in [5, 5.41) is 12.2. The molecule has 100 valence electrons. The van der Waals surface area contributed by atoms with Gasteiger partial charge in [-0.3, -0.25) is 0 Å². The average molecular weight is 251 g/mol. The monoisotopic (exact) mass is 251 g/mol. The molecule has 1 aromatic rings. The maximum atomic E-state index is 8.68. The van der Waals surface area contributed by atoms with E-state index in [1.54, 1.807) is 7.11 Å². The highest BCUT2D eigenvalue weighted by molar-refractivity contribution is 5.47. The van der Waals surface area contributed by atoms with E-state index >= 15 is 0 Å². The Morgan fingerprint density at radius 2 is 2.06 bits per heavy atom. The lowest BCUT2D eigenvalue weighted by atomic mass is 10.2. The molecule has 4 nitrogen and oxygen atoms in total. The summed E-state index contributed by atoms with van der Waals surface area (Å²) in [7, 11) is 1.74. The second-order valence-electron chi connectivity index (χ2n) is 4.64. The van der Waals surface area contributed by atoms with E-state index in [4.69, 9.17) is 14.6 Å². The normalized spacial score (nSPS) is 16.3. The van der Waals surface area contributed by atoms with Crippen molar-refractivity contribution < 1.29 is 14.6 Å². The summed E-state index contributed by atoms with van der Waals surface area (Å²) >= 11 is 0. The van der Waals surface area contributed by atoms with Crippen LogP contribution in [0.5, 0.6) is 5.75 Å². The van der Waals surface area contributed by atoms with Crippen LogP contribution in [-0.4, -0.2) is 38.1 Å². The van der Waals surface area contributed by atoms with Crippen molar-refractivity contribution in [1.29, 1.82) is 0 Å². The quantitative estimate of drug-likeness (QED) is 0.741. The van der Waals surface area contributed by atoms with Gasteiger partial charge in [-0.15, -0.1) is 0 Å². The average Bonchev–Trinajstić information content (AvgIpc) is 3.22. The van der Waals surface area contributed by atoms with E-state index in [2.05, 4.69) is 5.32 Å². The molecule has 1 atom stereocenters. The van der Waals surface area contributed by atoms with Crippen LogP contribution in [0.3, 0.4) is 0 Å². The Morgan fingerprint density at radius 1 is 1.33 bits per heavy atom. The Bertz CT molecular complexity index is 349. The van der Waals surface area contributed by atoms with Gasteiger partial charge in [0.25, 0.3) is 0 Å². The molecule has 2 rings (SSSR count). The second kappa shape index (κ2) is 6.61. The van der Waals surface area contributed by atoms with Crippen LogP contribution in [0.1, 0.15) is 12.8 Å². The lowest BCUT2D eigenvalue weighted by molar-refractivity contribution is 0.179. The van der Waals surface area contributed by atoms with Crippen molar-refractivity contribution in [2.45, 2.75) is 18.9 Å². The Hall–Kier alpha value is -1.26. The first kappa shape index (κ1) is 13.2. The van der Waals surface area contributed by atoms with Crippen molar-refractivity contribution in [3.63, 3.8) is 0 Å². The van der Waals surface area contributed by atoms with Crippen molar-refractivity contribution in [3.05, 3.63) is 24.3 Å². The van der Waals surface area contributed by atoms with Crippen LogP contribution in [-0.2, 0) is 4.74 Å². The molecule has 0 spiro atoms. The first-order valence-electron chi connectivity index (χ1n) is 6.42. The SMILES string of the molecule is COCC(Nc1ccc(OCCO)cc1)C1CC1. The number of rotatable bonds is 8. The van der Waals surface area contributed by atoms with Gasteiger partial charge in [0.2, 0.25) is 0 Å². The number of anilines is 1. The first-order chi connectivity index (χ1) is 8.83. The minimum absolute atomic E-state index is 0.0393. The van der Waals surface area contributed by atoms with Gasteiger partial charge in [0.1, 0.15) is 12.4 Å². The molecule has 1 aromatic carbocycles. The second-order valence-corrected chi connectivity index (χ2v) is 4.64. The van der Waals surface area contributed by atoms with E-state index in [1.165, 1.54) is 12.8 Å². The summed E-state index contributed by atoms with van der Waals surface area (Å²) in [6.07, 6.45) is 2.58. The van der Waals surface area contributed by atoms with Crippen molar-refractivity contribution in [1.82, 2.24) is 0 Å². The predicted octanol–water partition coefficient (Wildman–Crippen LogP) is 1.89. The topological polar surface area (TPSA) is 50.7 Å². The number of nitrogens with one attached hydrogen (secondary N) is 1. The zero-order valence-electron chi connectivity index (χ0n) is 10.8. The van der Waals surface area contributed by atoms with Crippen molar-refractivity contribution in [2.24, 2.45) is 5.92 Å². The van der Waals surface area contributed by atoms with Crippen molar-refractivity contribution in [3.8, 4) is 5.75 Å². The number of methoxy groups -OCH3 is 1. The summed E-state index contributed by atoms with van der Waals surface area (Å²) in [4.78, 5) is 0. The lowest BCUT2D eigenvalue weighted by Gasteiger charge is -2.18. The summed E-state index contributed by atoms with van der Waals surface area (Å²) in [6.45, 7) is 1.12. The number of hydrogen-bond acceptors (Lipinski definition) is 4. The zero-order valence-corrected chi connectivity index (χ0v) is 10.8. The van der Waals surface area contributed by atoms with Crippen LogP contribution in [0, 0.1) is 5.92 Å². The molecule has 1 aliphatic carbocycles. The minimum Gasteiger partial charge on any atom is -0.491 e. The molecular weight excluding hydrogens is 230 g/mol. The van der Waals surface area contributed by atoms with E-state index < -0.39 is 0 Å². The standard InChI is InChI=1S/C14H21NO3/c1-17-10-14(11-2-3-11)15-12-4-6-13(7-5-12)18-9-8-16/h4-7,11,14-16H,2-3,8-10H2,1H3. The van der Waals surface area contributed by atoms with E-state index in [0.29, 0.717) is 12.6 Å². The maximum Gasteiger partial charge on any atom is 0.119 e.